The molecule has 34 heavy (non-hydrogen) atoms. The average molecular weight is 475 g/mol. The lowest BCUT2D eigenvalue weighted by atomic mass is 10.2. The SMILES string of the molecule is Cc1cc(C(=O)CSc2nc3ccccc3c(=O)n2C(C)C)c(C)n1NC(=O)c1ccccc1. The second-order valence-corrected chi connectivity index (χ2v) is 9.26. The Labute approximate surface area is 201 Å². The van der Waals surface area contributed by atoms with Crippen LogP contribution < -0.4 is 11.0 Å². The Morgan fingerprint density at radius 1 is 1.03 bits per heavy atom. The first kappa shape index (κ1) is 23.5. The number of rotatable bonds is 7. The topological polar surface area (TPSA) is 86.0 Å². The molecule has 0 bridgehead atoms. The van der Waals surface area contributed by atoms with E-state index in [1.54, 1.807) is 58.6 Å². The number of benzene rings is 2. The Hall–Kier alpha value is -3.65. The summed E-state index contributed by atoms with van der Waals surface area (Å²) in [6.07, 6.45) is 0. The summed E-state index contributed by atoms with van der Waals surface area (Å²) in [5.74, 6) is -0.234. The molecule has 8 heteroatoms. The van der Waals surface area contributed by atoms with Crippen LogP contribution in [0.4, 0.5) is 0 Å². The summed E-state index contributed by atoms with van der Waals surface area (Å²) in [6, 6.07) is 17.8. The molecule has 0 spiro atoms. The summed E-state index contributed by atoms with van der Waals surface area (Å²) in [6.45, 7) is 7.48. The van der Waals surface area contributed by atoms with Crippen molar-refractivity contribution in [2.45, 2.75) is 38.9 Å². The van der Waals surface area contributed by atoms with E-state index >= 15 is 0 Å². The quantitative estimate of drug-likeness (QED) is 0.237. The van der Waals surface area contributed by atoms with Crippen LogP contribution in [0.2, 0.25) is 0 Å². The zero-order valence-electron chi connectivity index (χ0n) is 19.5. The zero-order valence-corrected chi connectivity index (χ0v) is 20.3. The van der Waals surface area contributed by atoms with Crippen molar-refractivity contribution < 1.29 is 9.59 Å². The second kappa shape index (κ2) is 9.69. The molecule has 174 valence electrons. The molecule has 2 aromatic carbocycles. The van der Waals surface area contributed by atoms with Crippen LogP contribution in [0.3, 0.4) is 0 Å². The van der Waals surface area contributed by atoms with Gasteiger partial charge in [0, 0.05) is 28.6 Å². The van der Waals surface area contributed by atoms with Crippen LogP contribution in [0, 0.1) is 13.8 Å². The van der Waals surface area contributed by atoms with Crippen molar-refractivity contribution in [1.29, 1.82) is 0 Å². The summed E-state index contributed by atoms with van der Waals surface area (Å²) in [5.41, 5.74) is 5.82. The molecule has 0 unspecified atom stereocenters. The third kappa shape index (κ3) is 4.54. The monoisotopic (exact) mass is 474 g/mol. The van der Waals surface area contributed by atoms with Gasteiger partial charge in [0.2, 0.25) is 0 Å². The first-order valence-corrected chi connectivity index (χ1v) is 12.0. The minimum absolute atomic E-state index is 0.0968. The number of aromatic nitrogens is 3. The number of carbonyl (C=O) groups is 2. The summed E-state index contributed by atoms with van der Waals surface area (Å²) < 4.78 is 3.26. The summed E-state index contributed by atoms with van der Waals surface area (Å²) in [4.78, 5) is 43.4. The molecule has 0 saturated carbocycles. The van der Waals surface area contributed by atoms with Crippen LogP contribution in [0.15, 0.2) is 70.6 Å². The maximum atomic E-state index is 13.1. The largest absolute Gasteiger partial charge is 0.293 e. The predicted molar refractivity (Wildman–Crippen MR) is 135 cm³/mol. The number of Topliss-reactive ketones (excluding diaryl/α,β-unsaturated/α-hetero) is 1. The van der Waals surface area contributed by atoms with Gasteiger partial charge in [-0.1, -0.05) is 42.1 Å². The third-order valence-corrected chi connectivity index (χ3v) is 6.56. The fourth-order valence-corrected chi connectivity index (χ4v) is 4.87. The Morgan fingerprint density at radius 2 is 1.71 bits per heavy atom. The molecular formula is C26H26N4O3S. The molecule has 4 aromatic rings. The van der Waals surface area contributed by atoms with E-state index < -0.39 is 0 Å². The van der Waals surface area contributed by atoms with Gasteiger partial charge in [-0.2, -0.15) is 0 Å². The lowest BCUT2D eigenvalue weighted by Gasteiger charge is -2.16. The molecule has 1 N–H and O–H groups in total. The standard InChI is InChI=1S/C26H26N4O3S/c1-16(2)29-25(33)20-12-8-9-13-22(20)27-26(29)34-15-23(31)21-14-17(3)30(18(21)4)28-24(32)19-10-6-5-7-11-19/h5-14,16H,15H2,1-4H3,(H,28,32). The number of hydrogen-bond acceptors (Lipinski definition) is 5. The van der Waals surface area contributed by atoms with E-state index in [0.717, 1.165) is 5.69 Å². The maximum absolute atomic E-state index is 13.1. The molecule has 0 radical (unpaired) electrons. The van der Waals surface area contributed by atoms with E-state index in [0.29, 0.717) is 32.9 Å². The fourth-order valence-electron chi connectivity index (χ4n) is 3.86. The van der Waals surface area contributed by atoms with Crippen LogP contribution in [0.5, 0.6) is 0 Å². The first-order valence-electron chi connectivity index (χ1n) is 11.0. The predicted octanol–water partition coefficient (Wildman–Crippen LogP) is 4.75. The Kier molecular flexibility index (Phi) is 6.70. The zero-order chi connectivity index (χ0) is 24.4. The van der Waals surface area contributed by atoms with E-state index in [1.807, 2.05) is 39.0 Å². The van der Waals surface area contributed by atoms with Crippen molar-refractivity contribution in [2.24, 2.45) is 0 Å². The number of fused-ring (bicyclic) bond motifs is 1. The van der Waals surface area contributed by atoms with Crippen molar-refractivity contribution in [2.75, 3.05) is 11.2 Å². The molecule has 2 heterocycles. The van der Waals surface area contributed by atoms with Crippen molar-refractivity contribution in [3.63, 3.8) is 0 Å². The highest BCUT2D eigenvalue weighted by molar-refractivity contribution is 7.99. The van der Waals surface area contributed by atoms with Crippen LogP contribution in [0.1, 0.15) is 52.0 Å². The third-order valence-electron chi connectivity index (χ3n) is 5.61. The van der Waals surface area contributed by atoms with Gasteiger partial charge >= 0.3 is 0 Å². The Morgan fingerprint density at radius 3 is 2.41 bits per heavy atom. The molecule has 7 nitrogen and oxygen atoms in total. The number of hydrogen-bond donors (Lipinski definition) is 1. The number of para-hydroxylation sites is 1. The van der Waals surface area contributed by atoms with Crippen LogP contribution >= 0.6 is 11.8 Å². The van der Waals surface area contributed by atoms with Gasteiger partial charge in [-0.25, -0.2) is 4.98 Å². The first-order chi connectivity index (χ1) is 16.3. The highest BCUT2D eigenvalue weighted by Gasteiger charge is 2.20. The Bertz CT molecular complexity index is 1440. The maximum Gasteiger partial charge on any atom is 0.270 e. The molecule has 0 aliphatic heterocycles. The number of amides is 1. The van der Waals surface area contributed by atoms with Crippen molar-refractivity contribution in [3.8, 4) is 0 Å². The number of aryl methyl sites for hydroxylation is 1. The Balaban J connectivity index is 1.57. The van der Waals surface area contributed by atoms with E-state index in [4.69, 9.17) is 0 Å². The van der Waals surface area contributed by atoms with Gasteiger partial charge in [0.1, 0.15) is 0 Å². The van der Waals surface area contributed by atoms with E-state index in [2.05, 4.69) is 10.4 Å². The van der Waals surface area contributed by atoms with Crippen LogP contribution in [0.25, 0.3) is 10.9 Å². The summed E-state index contributed by atoms with van der Waals surface area (Å²) in [5, 5.41) is 1.07. The van der Waals surface area contributed by atoms with Gasteiger partial charge in [0.25, 0.3) is 11.5 Å². The highest BCUT2D eigenvalue weighted by atomic mass is 32.2. The molecule has 0 aliphatic carbocycles. The molecule has 0 atom stereocenters. The van der Waals surface area contributed by atoms with Crippen molar-refractivity contribution >= 4 is 34.4 Å². The van der Waals surface area contributed by atoms with Crippen molar-refractivity contribution in [1.82, 2.24) is 14.2 Å². The minimum Gasteiger partial charge on any atom is -0.293 e. The normalized spacial score (nSPS) is 11.2. The van der Waals surface area contributed by atoms with Crippen LogP contribution in [-0.2, 0) is 0 Å². The van der Waals surface area contributed by atoms with E-state index in [-0.39, 0.29) is 29.0 Å². The fraction of sp³-hybridized carbons (Fsp3) is 0.231. The molecule has 4 rings (SSSR count). The second-order valence-electron chi connectivity index (χ2n) is 8.32. The number of ketones is 1. The molecule has 2 aromatic heterocycles. The smallest absolute Gasteiger partial charge is 0.270 e. The number of thioether (sulfide) groups is 1. The molecule has 0 aliphatic rings. The van der Waals surface area contributed by atoms with Gasteiger partial charge < -0.3 is 0 Å². The highest BCUT2D eigenvalue weighted by Crippen LogP contribution is 2.23. The van der Waals surface area contributed by atoms with Gasteiger partial charge in [-0.05, 0) is 58.0 Å². The van der Waals surface area contributed by atoms with Gasteiger partial charge in [-0.3, -0.25) is 29.1 Å². The van der Waals surface area contributed by atoms with E-state index in [9.17, 15) is 14.4 Å². The van der Waals surface area contributed by atoms with Gasteiger partial charge in [0.05, 0.1) is 16.7 Å². The average Bonchev–Trinajstić information content (AvgIpc) is 3.11. The summed E-state index contributed by atoms with van der Waals surface area (Å²) >= 11 is 1.25. The van der Waals surface area contributed by atoms with Gasteiger partial charge in [-0.15, -0.1) is 0 Å². The molecule has 1 amide bonds. The van der Waals surface area contributed by atoms with Crippen LogP contribution in [-0.4, -0.2) is 31.7 Å². The van der Waals surface area contributed by atoms with E-state index in [1.165, 1.54) is 11.8 Å². The number of carbonyl (C=O) groups excluding carboxylic acids is 2. The molecule has 0 fully saturated rings. The molecular weight excluding hydrogens is 448 g/mol. The van der Waals surface area contributed by atoms with Gasteiger partial charge in [0.15, 0.2) is 10.9 Å². The minimum atomic E-state index is -0.253. The number of nitrogens with zero attached hydrogens (tertiary/aromatic N) is 3. The van der Waals surface area contributed by atoms with Crippen molar-refractivity contribution in [3.05, 3.63) is 93.5 Å². The molecule has 0 saturated heterocycles. The lowest BCUT2D eigenvalue weighted by molar-refractivity contribution is 0.0999. The lowest BCUT2D eigenvalue weighted by Crippen LogP contribution is -2.25. The summed E-state index contributed by atoms with van der Waals surface area (Å²) in [7, 11) is 0. The number of nitrogens with one attached hydrogen (secondary N) is 1.